The molecule has 0 spiro atoms. The first kappa shape index (κ1) is 11.1. The molecular weight excluding hydrogens is 240 g/mol. The Morgan fingerprint density at radius 2 is 1.88 bits per heavy atom. The molecule has 1 aromatic carbocycles. The Kier molecular flexibility index (Phi) is 3.22. The van der Waals surface area contributed by atoms with Gasteiger partial charge in [-0.3, -0.25) is 4.79 Å². The van der Waals surface area contributed by atoms with Crippen molar-refractivity contribution in [2.24, 2.45) is 0 Å². The van der Waals surface area contributed by atoms with Crippen LogP contribution < -0.4 is 0 Å². The molecule has 1 heterocycles. The molecule has 1 aromatic heterocycles. The number of carbonyl (C=O) groups is 1. The normalized spacial score (nSPS) is 10.1. The van der Waals surface area contributed by atoms with Crippen molar-refractivity contribution in [2.45, 2.75) is 0 Å². The van der Waals surface area contributed by atoms with E-state index in [4.69, 9.17) is 11.6 Å². The van der Waals surface area contributed by atoms with Gasteiger partial charge in [-0.05, 0) is 35.7 Å². The molecule has 2 aromatic rings. The number of rotatable bonds is 3. The molecule has 2 rings (SSSR count). The van der Waals surface area contributed by atoms with E-state index in [1.165, 1.54) is 11.3 Å². The van der Waals surface area contributed by atoms with Crippen molar-refractivity contribution >= 4 is 34.3 Å². The van der Waals surface area contributed by atoms with E-state index in [1.807, 2.05) is 17.5 Å². The Morgan fingerprint density at radius 1 is 1.19 bits per heavy atom. The molecule has 0 atom stereocenters. The molecule has 0 unspecified atom stereocenters. The highest BCUT2D eigenvalue weighted by atomic mass is 35.5. The number of hydrogen-bond donors (Lipinski definition) is 0. The SMILES string of the molecule is C=C(C(=O)c1ccc(Cl)cc1)c1cccs1. The molecule has 0 radical (unpaired) electrons. The maximum atomic E-state index is 12.0. The second kappa shape index (κ2) is 4.64. The van der Waals surface area contributed by atoms with Crippen LogP contribution in [0.3, 0.4) is 0 Å². The van der Waals surface area contributed by atoms with Crippen LogP contribution in [-0.2, 0) is 0 Å². The number of allylic oxidation sites excluding steroid dienone is 1. The third-order valence-electron chi connectivity index (χ3n) is 2.20. The number of thiophene rings is 1. The summed E-state index contributed by atoms with van der Waals surface area (Å²) in [6.45, 7) is 3.82. The van der Waals surface area contributed by atoms with E-state index >= 15 is 0 Å². The maximum absolute atomic E-state index is 12.0. The number of ketones is 1. The predicted octanol–water partition coefficient (Wildman–Crippen LogP) is 4.30. The topological polar surface area (TPSA) is 17.1 Å². The van der Waals surface area contributed by atoms with Crippen LogP contribution in [0.2, 0.25) is 5.02 Å². The predicted molar refractivity (Wildman–Crippen MR) is 69.1 cm³/mol. The Hall–Kier alpha value is -1.38. The van der Waals surface area contributed by atoms with E-state index in [0.29, 0.717) is 16.2 Å². The standard InChI is InChI=1S/C13H9ClOS/c1-9(12-3-2-8-16-12)13(15)10-4-6-11(14)7-5-10/h2-8H,1H2. The Bertz CT molecular complexity index is 511. The van der Waals surface area contributed by atoms with Crippen LogP contribution in [-0.4, -0.2) is 5.78 Å². The van der Waals surface area contributed by atoms with Gasteiger partial charge in [0, 0.05) is 21.0 Å². The first-order valence-corrected chi connectivity index (χ1v) is 5.97. The minimum Gasteiger partial charge on any atom is -0.289 e. The smallest absolute Gasteiger partial charge is 0.193 e. The van der Waals surface area contributed by atoms with Crippen LogP contribution in [0.4, 0.5) is 0 Å². The lowest BCUT2D eigenvalue weighted by molar-refractivity contribution is 0.105. The van der Waals surface area contributed by atoms with Crippen LogP contribution in [0, 0.1) is 0 Å². The summed E-state index contributed by atoms with van der Waals surface area (Å²) in [6.07, 6.45) is 0. The van der Waals surface area contributed by atoms with Crippen LogP contribution in [0.1, 0.15) is 15.2 Å². The van der Waals surface area contributed by atoms with Crippen molar-refractivity contribution in [3.05, 3.63) is 63.8 Å². The molecule has 16 heavy (non-hydrogen) atoms. The van der Waals surface area contributed by atoms with Gasteiger partial charge in [-0.1, -0.05) is 24.2 Å². The summed E-state index contributed by atoms with van der Waals surface area (Å²) in [5.74, 6) is -0.0564. The third-order valence-corrected chi connectivity index (χ3v) is 3.38. The monoisotopic (exact) mass is 248 g/mol. The van der Waals surface area contributed by atoms with Gasteiger partial charge in [-0.25, -0.2) is 0 Å². The highest BCUT2D eigenvalue weighted by molar-refractivity contribution is 7.11. The molecule has 0 fully saturated rings. The summed E-state index contributed by atoms with van der Waals surface area (Å²) in [6, 6.07) is 10.6. The molecule has 0 amide bonds. The van der Waals surface area contributed by atoms with Crippen molar-refractivity contribution in [1.82, 2.24) is 0 Å². The van der Waals surface area contributed by atoms with Gasteiger partial charge < -0.3 is 0 Å². The highest BCUT2D eigenvalue weighted by Crippen LogP contribution is 2.23. The molecule has 0 saturated heterocycles. The van der Waals surface area contributed by atoms with E-state index in [2.05, 4.69) is 6.58 Å². The summed E-state index contributed by atoms with van der Waals surface area (Å²) in [5, 5.41) is 2.55. The average Bonchev–Trinajstić information content (AvgIpc) is 2.81. The van der Waals surface area contributed by atoms with Gasteiger partial charge in [-0.2, -0.15) is 0 Å². The molecule has 0 saturated carbocycles. The third kappa shape index (κ3) is 2.23. The van der Waals surface area contributed by atoms with Crippen LogP contribution in [0.15, 0.2) is 48.4 Å². The lowest BCUT2D eigenvalue weighted by Gasteiger charge is -2.02. The molecule has 80 valence electrons. The zero-order valence-corrected chi connectivity index (χ0v) is 10.0. The first-order valence-electron chi connectivity index (χ1n) is 4.71. The van der Waals surface area contributed by atoms with E-state index in [9.17, 15) is 4.79 Å². The van der Waals surface area contributed by atoms with Gasteiger partial charge in [0.2, 0.25) is 0 Å². The molecule has 3 heteroatoms. The number of hydrogen-bond acceptors (Lipinski definition) is 2. The van der Waals surface area contributed by atoms with E-state index in [1.54, 1.807) is 24.3 Å². The van der Waals surface area contributed by atoms with Crippen LogP contribution in [0.5, 0.6) is 0 Å². The summed E-state index contributed by atoms with van der Waals surface area (Å²) in [5.41, 5.74) is 1.14. The van der Waals surface area contributed by atoms with E-state index in [0.717, 1.165) is 4.88 Å². The van der Waals surface area contributed by atoms with Gasteiger partial charge in [0.05, 0.1) is 0 Å². The molecule has 1 nitrogen and oxygen atoms in total. The van der Waals surface area contributed by atoms with Crippen LogP contribution >= 0.6 is 22.9 Å². The fraction of sp³-hybridized carbons (Fsp3) is 0. The van der Waals surface area contributed by atoms with Crippen molar-refractivity contribution in [2.75, 3.05) is 0 Å². The lowest BCUT2D eigenvalue weighted by atomic mass is 10.0. The molecular formula is C13H9ClOS. The largest absolute Gasteiger partial charge is 0.289 e. The maximum Gasteiger partial charge on any atom is 0.193 e. The van der Waals surface area contributed by atoms with Gasteiger partial charge in [-0.15, -0.1) is 11.3 Å². The van der Waals surface area contributed by atoms with Crippen LogP contribution in [0.25, 0.3) is 5.57 Å². The molecule has 0 aliphatic heterocycles. The summed E-state index contributed by atoms with van der Waals surface area (Å²) in [7, 11) is 0. The average molecular weight is 249 g/mol. The first-order chi connectivity index (χ1) is 7.68. The summed E-state index contributed by atoms with van der Waals surface area (Å²) < 4.78 is 0. The Labute approximate surface area is 103 Å². The van der Waals surface area contributed by atoms with Crippen molar-refractivity contribution in [3.63, 3.8) is 0 Å². The van der Waals surface area contributed by atoms with E-state index in [-0.39, 0.29) is 5.78 Å². The quantitative estimate of drug-likeness (QED) is 0.585. The molecule has 0 aliphatic carbocycles. The molecule has 0 N–H and O–H groups in total. The number of benzene rings is 1. The van der Waals surface area contributed by atoms with Crippen molar-refractivity contribution < 1.29 is 4.79 Å². The van der Waals surface area contributed by atoms with Crippen molar-refractivity contribution in [3.8, 4) is 0 Å². The zero-order chi connectivity index (χ0) is 11.5. The Morgan fingerprint density at radius 3 is 2.44 bits per heavy atom. The van der Waals surface area contributed by atoms with Gasteiger partial charge >= 0.3 is 0 Å². The summed E-state index contributed by atoms with van der Waals surface area (Å²) in [4.78, 5) is 12.9. The fourth-order valence-electron chi connectivity index (χ4n) is 1.34. The number of Topliss-reactive ketones (excluding diaryl/α,β-unsaturated/α-hetero) is 1. The van der Waals surface area contributed by atoms with Crippen molar-refractivity contribution in [1.29, 1.82) is 0 Å². The summed E-state index contributed by atoms with van der Waals surface area (Å²) >= 11 is 7.27. The van der Waals surface area contributed by atoms with Gasteiger partial charge in [0.15, 0.2) is 5.78 Å². The minimum atomic E-state index is -0.0564. The Balaban J connectivity index is 2.26. The highest BCUT2D eigenvalue weighted by Gasteiger charge is 2.12. The molecule has 0 aliphatic rings. The number of halogens is 1. The second-order valence-corrected chi connectivity index (χ2v) is 4.68. The molecule has 0 bridgehead atoms. The fourth-order valence-corrected chi connectivity index (χ4v) is 2.16. The zero-order valence-electron chi connectivity index (χ0n) is 8.44. The van der Waals surface area contributed by atoms with Gasteiger partial charge in [0.25, 0.3) is 0 Å². The number of carbonyl (C=O) groups excluding carboxylic acids is 1. The van der Waals surface area contributed by atoms with Gasteiger partial charge in [0.1, 0.15) is 0 Å². The van der Waals surface area contributed by atoms with E-state index < -0.39 is 0 Å². The lowest BCUT2D eigenvalue weighted by Crippen LogP contribution is -1.99. The minimum absolute atomic E-state index is 0.0564. The second-order valence-electron chi connectivity index (χ2n) is 3.29.